The van der Waals surface area contributed by atoms with Gasteiger partial charge in [0.05, 0.1) is 6.04 Å². The van der Waals surface area contributed by atoms with E-state index in [9.17, 15) is 4.79 Å². The SMILES string of the molecule is O=C(C1CCCCN1)C1CCCO1. The average Bonchev–Trinajstić information content (AvgIpc) is 2.71. The lowest BCUT2D eigenvalue weighted by molar-refractivity contribution is -0.130. The van der Waals surface area contributed by atoms with Crippen molar-refractivity contribution in [3.63, 3.8) is 0 Å². The van der Waals surface area contributed by atoms with Gasteiger partial charge in [-0.1, -0.05) is 6.42 Å². The van der Waals surface area contributed by atoms with E-state index >= 15 is 0 Å². The molecule has 0 amide bonds. The second-order valence-corrected chi connectivity index (χ2v) is 3.91. The van der Waals surface area contributed by atoms with Crippen LogP contribution < -0.4 is 5.32 Å². The van der Waals surface area contributed by atoms with Crippen LogP contribution in [0.2, 0.25) is 0 Å². The van der Waals surface area contributed by atoms with Crippen LogP contribution in [0.3, 0.4) is 0 Å². The van der Waals surface area contributed by atoms with E-state index in [1.165, 1.54) is 12.8 Å². The highest BCUT2D eigenvalue weighted by Gasteiger charge is 2.30. The van der Waals surface area contributed by atoms with Crippen molar-refractivity contribution in [2.24, 2.45) is 0 Å². The zero-order valence-corrected chi connectivity index (χ0v) is 7.92. The fraction of sp³-hybridized carbons (Fsp3) is 0.900. The van der Waals surface area contributed by atoms with Gasteiger partial charge in [0.2, 0.25) is 0 Å². The van der Waals surface area contributed by atoms with Gasteiger partial charge in [0.25, 0.3) is 0 Å². The highest BCUT2D eigenvalue weighted by atomic mass is 16.5. The number of ether oxygens (including phenoxy) is 1. The van der Waals surface area contributed by atoms with Crippen molar-refractivity contribution < 1.29 is 9.53 Å². The van der Waals surface area contributed by atoms with Crippen LogP contribution in [-0.2, 0) is 9.53 Å². The summed E-state index contributed by atoms with van der Waals surface area (Å²) in [5.74, 6) is 0.289. The molecule has 0 saturated carbocycles. The Balaban J connectivity index is 1.87. The van der Waals surface area contributed by atoms with Crippen molar-refractivity contribution >= 4 is 5.78 Å². The van der Waals surface area contributed by atoms with Crippen LogP contribution in [0.5, 0.6) is 0 Å². The van der Waals surface area contributed by atoms with Crippen LogP contribution in [0.25, 0.3) is 0 Å². The molecule has 0 radical (unpaired) electrons. The lowest BCUT2D eigenvalue weighted by Crippen LogP contribution is -2.45. The van der Waals surface area contributed by atoms with E-state index < -0.39 is 0 Å². The first-order valence-electron chi connectivity index (χ1n) is 5.26. The summed E-state index contributed by atoms with van der Waals surface area (Å²) in [5, 5.41) is 3.27. The lowest BCUT2D eigenvalue weighted by atomic mass is 9.97. The van der Waals surface area contributed by atoms with E-state index in [2.05, 4.69) is 5.32 Å². The summed E-state index contributed by atoms with van der Waals surface area (Å²) in [6.45, 7) is 1.76. The van der Waals surface area contributed by atoms with E-state index in [1.54, 1.807) is 0 Å². The van der Waals surface area contributed by atoms with Gasteiger partial charge < -0.3 is 10.1 Å². The smallest absolute Gasteiger partial charge is 0.178 e. The maximum atomic E-state index is 11.8. The molecular weight excluding hydrogens is 166 g/mol. The first-order valence-corrected chi connectivity index (χ1v) is 5.26. The number of nitrogens with one attached hydrogen (secondary N) is 1. The molecule has 0 aromatic heterocycles. The summed E-state index contributed by atoms with van der Waals surface area (Å²) in [5.41, 5.74) is 0. The van der Waals surface area contributed by atoms with Crippen LogP contribution >= 0.6 is 0 Å². The summed E-state index contributed by atoms with van der Waals surface area (Å²) >= 11 is 0. The van der Waals surface area contributed by atoms with Crippen molar-refractivity contribution in [2.75, 3.05) is 13.2 Å². The van der Waals surface area contributed by atoms with Gasteiger partial charge in [-0.2, -0.15) is 0 Å². The zero-order chi connectivity index (χ0) is 9.10. The van der Waals surface area contributed by atoms with Crippen LogP contribution in [0.4, 0.5) is 0 Å². The largest absolute Gasteiger partial charge is 0.370 e. The zero-order valence-electron chi connectivity index (χ0n) is 7.92. The molecule has 2 saturated heterocycles. The van der Waals surface area contributed by atoms with Gasteiger partial charge in [-0.05, 0) is 32.2 Å². The molecule has 2 fully saturated rings. The Bertz CT molecular complexity index is 181. The molecule has 2 unspecified atom stereocenters. The Labute approximate surface area is 78.8 Å². The Morgan fingerprint density at radius 3 is 2.77 bits per heavy atom. The van der Waals surface area contributed by atoms with Crippen LogP contribution in [0.15, 0.2) is 0 Å². The fourth-order valence-electron chi connectivity index (χ4n) is 2.12. The quantitative estimate of drug-likeness (QED) is 0.690. The van der Waals surface area contributed by atoms with Crippen molar-refractivity contribution in [1.29, 1.82) is 0 Å². The van der Waals surface area contributed by atoms with E-state index in [4.69, 9.17) is 4.74 Å². The molecule has 3 heteroatoms. The Hall–Kier alpha value is -0.410. The second-order valence-electron chi connectivity index (χ2n) is 3.91. The van der Waals surface area contributed by atoms with Crippen molar-refractivity contribution in [2.45, 2.75) is 44.2 Å². The van der Waals surface area contributed by atoms with Gasteiger partial charge in [0, 0.05) is 6.61 Å². The van der Waals surface area contributed by atoms with Gasteiger partial charge >= 0.3 is 0 Å². The number of hydrogen-bond donors (Lipinski definition) is 1. The summed E-state index contributed by atoms with van der Waals surface area (Å²) in [6.07, 6.45) is 5.25. The highest BCUT2D eigenvalue weighted by molar-refractivity contribution is 5.88. The fourth-order valence-corrected chi connectivity index (χ4v) is 2.12. The number of piperidine rings is 1. The van der Waals surface area contributed by atoms with Gasteiger partial charge in [0.15, 0.2) is 5.78 Å². The van der Waals surface area contributed by atoms with Crippen LogP contribution in [-0.4, -0.2) is 31.1 Å². The molecule has 2 aliphatic heterocycles. The number of rotatable bonds is 2. The molecule has 0 bridgehead atoms. The number of ketones is 1. The summed E-state index contributed by atoms with van der Waals surface area (Å²) in [7, 11) is 0. The maximum Gasteiger partial charge on any atom is 0.178 e. The Morgan fingerprint density at radius 1 is 1.23 bits per heavy atom. The van der Waals surface area contributed by atoms with E-state index in [-0.39, 0.29) is 17.9 Å². The Morgan fingerprint density at radius 2 is 2.15 bits per heavy atom. The van der Waals surface area contributed by atoms with E-state index in [0.717, 1.165) is 32.4 Å². The minimum Gasteiger partial charge on any atom is -0.370 e. The predicted octanol–water partition coefficient (Wildman–Crippen LogP) is 0.877. The first-order chi connectivity index (χ1) is 6.38. The molecule has 2 heterocycles. The molecule has 0 spiro atoms. The van der Waals surface area contributed by atoms with Crippen molar-refractivity contribution in [1.82, 2.24) is 5.32 Å². The molecule has 2 atom stereocenters. The Kier molecular flexibility index (Phi) is 2.96. The molecule has 3 nitrogen and oxygen atoms in total. The lowest BCUT2D eigenvalue weighted by Gasteiger charge is -2.24. The summed E-state index contributed by atoms with van der Waals surface area (Å²) in [6, 6.07) is 0.0804. The molecule has 1 N–H and O–H groups in total. The average molecular weight is 183 g/mol. The molecule has 74 valence electrons. The third kappa shape index (κ3) is 2.09. The normalized spacial score (nSPS) is 34.8. The van der Waals surface area contributed by atoms with Gasteiger partial charge in [0.1, 0.15) is 6.10 Å². The number of carbonyl (C=O) groups excluding carboxylic acids is 1. The molecule has 2 aliphatic rings. The number of Topliss-reactive ketones (excluding diaryl/α,β-unsaturated/α-hetero) is 1. The third-order valence-electron chi connectivity index (χ3n) is 2.90. The van der Waals surface area contributed by atoms with Crippen molar-refractivity contribution in [3.05, 3.63) is 0 Å². The van der Waals surface area contributed by atoms with E-state index in [0.29, 0.717) is 0 Å². The molecule has 13 heavy (non-hydrogen) atoms. The molecule has 0 aromatic rings. The van der Waals surface area contributed by atoms with Crippen LogP contribution in [0.1, 0.15) is 32.1 Å². The first kappa shape index (κ1) is 9.16. The highest BCUT2D eigenvalue weighted by Crippen LogP contribution is 2.17. The molecule has 0 aliphatic carbocycles. The van der Waals surface area contributed by atoms with Crippen LogP contribution in [0, 0.1) is 0 Å². The second kappa shape index (κ2) is 4.20. The monoisotopic (exact) mass is 183 g/mol. The minimum atomic E-state index is -0.101. The minimum absolute atomic E-state index is 0.0804. The number of carbonyl (C=O) groups is 1. The van der Waals surface area contributed by atoms with Gasteiger partial charge in [-0.25, -0.2) is 0 Å². The summed E-state index contributed by atoms with van der Waals surface area (Å²) in [4.78, 5) is 11.8. The molecular formula is C10H17NO2. The molecule has 2 rings (SSSR count). The topological polar surface area (TPSA) is 38.3 Å². The summed E-state index contributed by atoms with van der Waals surface area (Å²) < 4.78 is 5.38. The van der Waals surface area contributed by atoms with E-state index in [1.807, 2.05) is 0 Å². The van der Waals surface area contributed by atoms with Gasteiger partial charge in [-0.3, -0.25) is 4.79 Å². The van der Waals surface area contributed by atoms with Crippen molar-refractivity contribution in [3.8, 4) is 0 Å². The predicted molar refractivity (Wildman–Crippen MR) is 49.6 cm³/mol. The molecule has 0 aromatic carbocycles. The standard InChI is InChI=1S/C10H17NO2/c12-10(9-5-3-7-13-9)8-4-1-2-6-11-8/h8-9,11H,1-7H2. The third-order valence-corrected chi connectivity index (χ3v) is 2.90. The maximum absolute atomic E-state index is 11.8. The van der Waals surface area contributed by atoms with Gasteiger partial charge in [-0.15, -0.1) is 0 Å². The number of hydrogen-bond acceptors (Lipinski definition) is 3.